The van der Waals surface area contributed by atoms with Crippen LogP contribution in [0.3, 0.4) is 0 Å². The lowest BCUT2D eigenvalue weighted by Crippen LogP contribution is -2.47. The van der Waals surface area contributed by atoms with E-state index in [-0.39, 0.29) is 17.4 Å². The Morgan fingerprint density at radius 1 is 0.953 bits per heavy atom. The molecule has 0 unspecified atom stereocenters. The second kappa shape index (κ2) is 10.9. The number of aromatic amines is 1. The van der Waals surface area contributed by atoms with Crippen LogP contribution in [0, 0.1) is 12.3 Å². The number of nitrogens with one attached hydrogen (secondary N) is 1. The molecule has 0 saturated carbocycles. The molecule has 0 radical (unpaired) electrons. The molecule has 9 heteroatoms. The van der Waals surface area contributed by atoms with Crippen molar-refractivity contribution in [2.24, 2.45) is 5.41 Å². The molecule has 0 fully saturated rings. The highest BCUT2D eigenvalue weighted by atomic mass is 16.3. The maximum atomic E-state index is 13.4. The van der Waals surface area contributed by atoms with Crippen LogP contribution in [0.5, 0.6) is 0 Å². The van der Waals surface area contributed by atoms with E-state index in [1.165, 1.54) is 0 Å². The number of H-pyrrole nitrogens is 1. The number of nitrogens with zero attached hydrogens (tertiary/aromatic N) is 4. The van der Waals surface area contributed by atoms with Crippen molar-refractivity contribution < 1.29 is 14.0 Å². The minimum atomic E-state index is -1.16. The van der Waals surface area contributed by atoms with E-state index in [2.05, 4.69) is 34.1 Å². The first kappa shape index (κ1) is 28.5. The van der Waals surface area contributed by atoms with Crippen molar-refractivity contribution in [3.05, 3.63) is 94.2 Å². The fourth-order valence-corrected chi connectivity index (χ4v) is 6.17. The Kier molecular flexibility index (Phi) is 7.22. The van der Waals surface area contributed by atoms with Gasteiger partial charge in [-0.15, -0.1) is 0 Å². The number of furan rings is 1. The fraction of sp³-hybridized carbons (Fsp3) is 0.324. The van der Waals surface area contributed by atoms with Crippen LogP contribution in [0.25, 0.3) is 21.9 Å². The van der Waals surface area contributed by atoms with Gasteiger partial charge in [0.25, 0.3) is 5.56 Å². The highest BCUT2D eigenvalue weighted by Crippen LogP contribution is 2.39. The van der Waals surface area contributed by atoms with Crippen LogP contribution in [0.4, 0.5) is 11.4 Å². The molecule has 0 bridgehead atoms. The number of hydrogen-bond donors (Lipinski definition) is 1. The van der Waals surface area contributed by atoms with Crippen LogP contribution < -0.4 is 15.4 Å². The lowest BCUT2D eigenvalue weighted by atomic mass is 9.90. The third-order valence-corrected chi connectivity index (χ3v) is 8.54. The van der Waals surface area contributed by atoms with E-state index in [1.807, 2.05) is 44.3 Å². The molecule has 0 atom stereocenters. The van der Waals surface area contributed by atoms with Gasteiger partial charge in [-0.2, -0.15) is 0 Å². The summed E-state index contributed by atoms with van der Waals surface area (Å²) in [5.41, 5.74) is 4.06. The van der Waals surface area contributed by atoms with Crippen LogP contribution in [0.15, 0.2) is 76.2 Å². The SMILES string of the molecule is CCN1C(=O)C(C)(C)C(=O)N(C)c2cc(CN(CCn3ccc4oc(C)cc4c3=O)Cc3cccc4cc[nH]c34)ccc21. The molecule has 5 aromatic rings. The molecule has 4 heterocycles. The second-order valence-electron chi connectivity index (χ2n) is 11.9. The van der Waals surface area contributed by atoms with Gasteiger partial charge in [0.15, 0.2) is 0 Å². The number of anilines is 2. The third kappa shape index (κ3) is 5.03. The summed E-state index contributed by atoms with van der Waals surface area (Å²) >= 11 is 0. The van der Waals surface area contributed by atoms with E-state index in [1.54, 1.807) is 47.5 Å². The van der Waals surface area contributed by atoms with Crippen molar-refractivity contribution in [2.75, 3.05) is 29.9 Å². The molecule has 0 saturated heterocycles. The van der Waals surface area contributed by atoms with Crippen LogP contribution in [0.2, 0.25) is 0 Å². The topological polar surface area (TPSA) is 94.8 Å². The zero-order valence-corrected chi connectivity index (χ0v) is 25.3. The van der Waals surface area contributed by atoms with Gasteiger partial charge >= 0.3 is 0 Å². The summed E-state index contributed by atoms with van der Waals surface area (Å²) in [5, 5.41) is 1.73. The van der Waals surface area contributed by atoms with E-state index in [0.717, 1.165) is 27.7 Å². The normalized spacial score (nSPS) is 15.1. The number of fused-ring (bicyclic) bond motifs is 3. The zero-order valence-electron chi connectivity index (χ0n) is 25.3. The molecule has 2 amide bonds. The van der Waals surface area contributed by atoms with E-state index >= 15 is 0 Å². The summed E-state index contributed by atoms with van der Waals surface area (Å²) in [4.78, 5) is 48.9. The van der Waals surface area contributed by atoms with E-state index in [9.17, 15) is 14.4 Å². The summed E-state index contributed by atoms with van der Waals surface area (Å²) in [6.45, 7) is 9.96. The van der Waals surface area contributed by atoms with Gasteiger partial charge in [0, 0.05) is 57.7 Å². The molecule has 9 nitrogen and oxygen atoms in total. The highest BCUT2D eigenvalue weighted by molar-refractivity contribution is 6.19. The number of amides is 2. The van der Waals surface area contributed by atoms with Gasteiger partial charge in [0.05, 0.1) is 16.8 Å². The lowest BCUT2D eigenvalue weighted by Gasteiger charge is -2.27. The standard InChI is InChI=1S/C34H37N5O4/c1-6-39-27-11-10-23(19-28(27)36(5)32(41)34(3,4)33(39)42)20-37(21-25-9-7-8-24-12-14-35-30(24)25)16-17-38-15-13-29-26(31(38)40)18-22(2)43-29/h7-15,18-19,35H,6,16-17,20-21H2,1-5H3. The van der Waals surface area contributed by atoms with E-state index in [0.29, 0.717) is 55.1 Å². The molecule has 1 aliphatic rings. The van der Waals surface area contributed by atoms with Crippen molar-refractivity contribution in [2.45, 2.75) is 47.3 Å². The van der Waals surface area contributed by atoms with Crippen LogP contribution >= 0.6 is 0 Å². The van der Waals surface area contributed by atoms with Gasteiger partial charge in [-0.3, -0.25) is 19.3 Å². The number of benzene rings is 2. The molecule has 0 aliphatic carbocycles. The summed E-state index contributed by atoms with van der Waals surface area (Å²) in [5.74, 6) is 0.282. The lowest BCUT2D eigenvalue weighted by molar-refractivity contribution is -0.137. The van der Waals surface area contributed by atoms with Crippen LogP contribution in [0.1, 0.15) is 37.7 Å². The zero-order chi connectivity index (χ0) is 30.5. The Bertz CT molecular complexity index is 1910. The van der Waals surface area contributed by atoms with Crippen molar-refractivity contribution >= 4 is 45.1 Å². The molecule has 43 heavy (non-hydrogen) atoms. The first-order valence-corrected chi connectivity index (χ1v) is 14.7. The van der Waals surface area contributed by atoms with Gasteiger partial charge in [-0.05, 0) is 74.5 Å². The summed E-state index contributed by atoms with van der Waals surface area (Å²) in [7, 11) is 1.74. The number of rotatable bonds is 8. The van der Waals surface area contributed by atoms with Gasteiger partial charge in [-0.1, -0.05) is 24.3 Å². The van der Waals surface area contributed by atoms with Crippen molar-refractivity contribution in [1.82, 2.24) is 14.5 Å². The first-order chi connectivity index (χ1) is 20.6. The van der Waals surface area contributed by atoms with Crippen molar-refractivity contribution in [1.29, 1.82) is 0 Å². The van der Waals surface area contributed by atoms with Gasteiger partial charge in [-0.25, -0.2) is 0 Å². The van der Waals surface area contributed by atoms with E-state index in [4.69, 9.17) is 4.42 Å². The number of para-hydroxylation sites is 1. The Hall–Kier alpha value is -4.63. The number of pyridine rings is 1. The molecule has 0 spiro atoms. The Morgan fingerprint density at radius 2 is 1.77 bits per heavy atom. The van der Waals surface area contributed by atoms with Gasteiger partial charge in [0.2, 0.25) is 11.8 Å². The maximum absolute atomic E-state index is 13.4. The number of aromatic nitrogens is 2. The molecule has 2 aromatic carbocycles. The van der Waals surface area contributed by atoms with E-state index < -0.39 is 5.41 Å². The van der Waals surface area contributed by atoms with Crippen molar-refractivity contribution in [3.63, 3.8) is 0 Å². The fourth-order valence-electron chi connectivity index (χ4n) is 6.17. The Balaban J connectivity index is 1.34. The Labute approximate surface area is 250 Å². The Morgan fingerprint density at radius 3 is 2.56 bits per heavy atom. The second-order valence-corrected chi connectivity index (χ2v) is 11.9. The molecular weight excluding hydrogens is 542 g/mol. The average molecular weight is 580 g/mol. The number of carbonyl (C=O) groups is 2. The molecule has 1 aliphatic heterocycles. The monoisotopic (exact) mass is 579 g/mol. The summed E-state index contributed by atoms with van der Waals surface area (Å²) in [6, 6.07) is 17.9. The predicted octanol–water partition coefficient (Wildman–Crippen LogP) is 5.44. The summed E-state index contributed by atoms with van der Waals surface area (Å²) < 4.78 is 7.38. The molecular formula is C34H37N5O4. The highest BCUT2D eigenvalue weighted by Gasteiger charge is 2.45. The van der Waals surface area contributed by atoms with Crippen LogP contribution in [-0.2, 0) is 29.2 Å². The van der Waals surface area contributed by atoms with Gasteiger partial charge in [0.1, 0.15) is 16.8 Å². The smallest absolute Gasteiger partial charge is 0.261 e. The van der Waals surface area contributed by atoms with Crippen molar-refractivity contribution in [3.8, 4) is 0 Å². The predicted molar refractivity (Wildman–Crippen MR) is 169 cm³/mol. The minimum Gasteiger partial charge on any atom is -0.461 e. The molecule has 222 valence electrons. The number of carbonyl (C=O) groups excluding carboxylic acids is 2. The average Bonchev–Trinajstić information content (AvgIpc) is 3.62. The quantitative estimate of drug-likeness (QED) is 0.247. The minimum absolute atomic E-state index is 0.0714. The largest absolute Gasteiger partial charge is 0.461 e. The number of aryl methyl sites for hydroxylation is 1. The first-order valence-electron chi connectivity index (χ1n) is 14.7. The maximum Gasteiger partial charge on any atom is 0.261 e. The van der Waals surface area contributed by atoms with Crippen LogP contribution in [-0.4, -0.2) is 46.4 Å². The third-order valence-electron chi connectivity index (χ3n) is 8.54. The molecule has 3 aromatic heterocycles. The molecule has 6 rings (SSSR count). The molecule has 1 N–H and O–H groups in total. The number of hydrogen-bond acceptors (Lipinski definition) is 5. The van der Waals surface area contributed by atoms with Gasteiger partial charge < -0.3 is 23.8 Å². The summed E-state index contributed by atoms with van der Waals surface area (Å²) in [6.07, 6.45) is 3.74.